The fourth-order valence-electron chi connectivity index (χ4n) is 5.71. The van der Waals surface area contributed by atoms with Crippen molar-refractivity contribution < 1.29 is 34.0 Å². The topological polar surface area (TPSA) is 94.5 Å². The van der Waals surface area contributed by atoms with E-state index in [2.05, 4.69) is 0 Å². The fourth-order valence-corrected chi connectivity index (χ4v) is 9.67. The van der Waals surface area contributed by atoms with Gasteiger partial charge in [0.05, 0.1) is 50.5 Å². The molecule has 5 aliphatic heterocycles. The van der Waals surface area contributed by atoms with E-state index in [1.165, 1.54) is 0 Å². The number of thioether (sulfide) groups is 3. The Kier molecular flexibility index (Phi) is 7.21. The second-order valence-corrected chi connectivity index (χ2v) is 12.4. The van der Waals surface area contributed by atoms with Crippen molar-refractivity contribution in [2.45, 2.75) is 36.6 Å². The quantitative estimate of drug-likeness (QED) is 0.597. The maximum atomic E-state index is 13.6. The molecule has 5 fully saturated rings. The van der Waals surface area contributed by atoms with Gasteiger partial charge in [-0.2, -0.15) is 35.3 Å². The van der Waals surface area contributed by atoms with Crippen LogP contribution in [0.15, 0.2) is 0 Å². The lowest BCUT2D eigenvalue weighted by Gasteiger charge is -2.46. The zero-order valence-electron chi connectivity index (χ0n) is 17.6. The molecule has 0 radical (unpaired) electrons. The van der Waals surface area contributed by atoms with E-state index in [1.807, 2.05) is 0 Å². The van der Waals surface area contributed by atoms with Crippen LogP contribution in [0, 0.1) is 23.7 Å². The van der Waals surface area contributed by atoms with Crippen molar-refractivity contribution in [3.8, 4) is 0 Å². The van der Waals surface area contributed by atoms with Gasteiger partial charge in [-0.3, -0.25) is 4.79 Å². The molecule has 176 valence electrons. The minimum absolute atomic E-state index is 0.0359. The van der Waals surface area contributed by atoms with Crippen molar-refractivity contribution in [1.29, 1.82) is 0 Å². The number of ketones is 1. The second-order valence-electron chi connectivity index (χ2n) is 9.01. The van der Waals surface area contributed by atoms with E-state index in [0.29, 0.717) is 49.4 Å². The predicted molar refractivity (Wildman–Crippen MR) is 121 cm³/mol. The second kappa shape index (κ2) is 9.62. The number of ether oxygens (including phenoxy) is 4. The fraction of sp³-hybridized carbons (Fsp3) is 0.952. The molecular weight excluding hydrogens is 460 g/mol. The summed E-state index contributed by atoms with van der Waals surface area (Å²) in [4.78, 5) is 13.6. The Hall–Kier alpha value is 0.480. The van der Waals surface area contributed by atoms with Crippen LogP contribution in [0.4, 0.5) is 0 Å². The van der Waals surface area contributed by atoms with Crippen LogP contribution in [-0.4, -0.2) is 101 Å². The third-order valence-electron chi connectivity index (χ3n) is 7.44. The molecule has 0 saturated carbocycles. The van der Waals surface area contributed by atoms with Crippen LogP contribution < -0.4 is 0 Å². The smallest absolute Gasteiger partial charge is 0.175 e. The average molecular weight is 493 g/mol. The van der Waals surface area contributed by atoms with Gasteiger partial charge in [0.1, 0.15) is 5.78 Å². The Morgan fingerprint density at radius 1 is 0.710 bits per heavy atom. The third kappa shape index (κ3) is 4.23. The van der Waals surface area contributed by atoms with Gasteiger partial charge in [0.25, 0.3) is 0 Å². The Morgan fingerprint density at radius 3 is 1.55 bits per heavy atom. The number of carbonyl (C=O) groups excluding carboxylic acids is 1. The molecule has 5 rings (SSSR count). The molecule has 5 heterocycles. The molecule has 5 saturated heterocycles. The molecule has 0 bridgehead atoms. The number of aliphatic hydroxyl groups is 2. The lowest BCUT2D eigenvalue weighted by atomic mass is 9.76. The molecule has 31 heavy (non-hydrogen) atoms. The van der Waals surface area contributed by atoms with Gasteiger partial charge in [-0.05, 0) is 11.5 Å². The number of carbonyl (C=O) groups is 1. The average Bonchev–Trinajstić information content (AvgIpc) is 3.44. The van der Waals surface area contributed by atoms with Crippen LogP contribution in [0.5, 0.6) is 0 Å². The van der Waals surface area contributed by atoms with E-state index >= 15 is 0 Å². The molecule has 2 N–H and O–H groups in total. The van der Waals surface area contributed by atoms with Crippen LogP contribution in [0.25, 0.3) is 0 Å². The highest BCUT2D eigenvalue weighted by atomic mass is 32.2. The highest BCUT2D eigenvalue weighted by Crippen LogP contribution is 2.46. The number of Topliss-reactive ketones (excluding diaryl/α,β-unsaturated/α-hetero) is 1. The molecule has 0 aromatic carbocycles. The molecule has 5 aliphatic rings. The summed E-state index contributed by atoms with van der Waals surface area (Å²) in [5, 5.41) is 22.7. The summed E-state index contributed by atoms with van der Waals surface area (Å²) in [6, 6.07) is 0. The monoisotopic (exact) mass is 492 g/mol. The van der Waals surface area contributed by atoms with E-state index in [1.54, 1.807) is 35.3 Å². The number of hydrogen-bond donors (Lipinski definition) is 2. The van der Waals surface area contributed by atoms with E-state index in [4.69, 9.17) is 18.9 Å². The zero-order chi connectivity index (χ0) is 21.5. The first kappa shape index (κ1) is 23.2. The van der Waals surface area contributed by atoms with Crippen molar-refractivity contribution in [3.05, 3.63) is 0 Å². The van der Waals surface area contributed by atoms with Gasteiger partial charge in [-0.1, -0.05) is 0 Å². The van der Waals surface area contributed by atoms with E-state index < -0.39 is 35.6 Å². The summed E-state index contributed by atoms with van der Waals surface area (Å²) in [6.07, 6.45) is -0.212. The summed E-state index contributed by atoms with van der Waals surface area (Å²) < 4.78 is 23.9. The summed E-state index contributed by atoms with van der Waals surface area (Å²) in [5.74, 6) is 1.33. The molecule has 6 atom stereocenters. The largest absolute Gasteiger partial charge is 0.392 e. The molecule has 10 heteroatoms. The minimum Gasteiger partial charge on any atom is -0.392 e. The third-order valence-corrected chi connectivity index (χ3v) is 10.8. The minimum atomic E-state index is -0.838. The molecule has 2 spiro atoms. The lowest BCUT2D eigenvalue weighted by Crippen LogP contribution is -2.57. The highest BCUT2D eigenvalue weighted by molar-refractivity contribution is 7.99. The van der Waals surface area contributed by atoms with Crippen molar-refractivity contribution in [3.63, 3.8) is 0 Å². The van der Waals surface area contributed by atoms with Crippen molar-refractivity contribution in [2.24, 2.45) is 23.7 Å². The Morgan fingerprint density at radius 2 is 1.13 bits per heavy atom. The van der Waals surface area contributed by atoms with Crippen LogP contribution in [-0.2, 0) is 23.7 Å². The van der Waals surface area contributed by atoms with Gasteiger partial charge in [0.15, 0.2) is 11.6 Å². The zero-order valence-corrected chi connectivity index (χ0v) is 20.1. The molecule has 0 amide bonds. The first-order valence-electron chi connectivity index (χ1n) is 11.3. The molecule has 0 aromatic rings. The van der Waals surface area contributed by atoms with E-state index in [0.717, 1.165) is 24.3 Å². The van der Waals surface area contributed by atoms with Gasteiger partial charge in [0.2, 0.25) is 0 Å². The first-order chi connectivity index (χ1) is 15.1. The SMILES string of the molecule is O=C1[C@@H]([C@H](O)[C@H]2CSCCC23OCCO3)CSC[C@@H]1[C@H](O)[C@H]1CSCCC12OCCO2. The summed E-state index contributed by atoms with van der Waals surface area (Å²) >= 11 is 5.20. The number of aliphatic hydroxyl groups excluding tert-OH is 2. The standard InChI is InChI=1S/C21H32O7S3/c22-17-13(18(23)15-11-29-7-1-20(15)25-3-4-26-20)9-31-10-14(17)19(24)16-12-30-8-2-21(16)27-5-6-28-21/h13-16,18-19,23-24H,1-12H2/t13-,14-,15+,16+,18-,19-/m0/s1. The van der Waals surface area contributed by atoms with E-state index in [9.17, 15) is 15.0 Å². The van der Waals surface area contributed by atoms with Crippen LogP contribution in [0.3, 0.4) is 0 Å². The normalized spacial score (nSPS) is 39.7. The van der Waals surface area contributed by atoms with Crippen LogP contribution in [0.2, 0.25) is 0 Å². The van der Waals surface area contributed by atoms with Gasteiger partial charge in [-0.15, -0.1) is 0 Å². The van der Waals surface area contributed by atoms with E-state index in [-0.39, 0.29) is 17.6 Å². The predicted octanol–water partition coefficient (Wildman–Crippen LogP) is 1.25. The highest BCUT2D eigenvalue weighted by Gasteiger charge is 2.56. The molecule has 0 aliphatic carbocycles. The number of rotatable bonds is 4. The van der Waals surface area contributed by atoms with Crippen molar-refractivity contribution >= 4 is 41.1 Å². The summed E-state index contributed by atoms with van der Waals surface area (Å²) in [6.45, 7) is 2.13. The number of hydrogen-bond acceptors (Lipinski definition) is 10. The van der Waals surface area contributed by atoms with Crippen molar-refractivity contribution in [2.75, 3.05) is 60.9 Å². The maximum Gasteiger partial charge on any atom is 0.175 e. The molecular formula is C21H32O7S3. The lowest BCUT2D eigenvalue weighted by molar-refractivity contribution is -0.221. The molecule has 7 nitrogen and oxygen atoms in total. The summed E-state index contributed by atoms with van der Waals surface area (Å²) in [5.41, 5.74) is 0. The molecule has 0 aromatic heterocycles. The summed E-state index contributed by atoms with van der Waals surface area (Å²) in [7, 11) is 0. The Balaban J connectivity index is 1.32. The van der Waals surface area contributed by atoms with Crippen LogP contribution >= 0.6 is 35.3 Å². The van der Waals surface area contributed by atoms with Crippen LogP contribution in [0.1, 0.15) is 12.8 Å². The van der Waals surface area contributed by atoms with Gasteiger partial charge in [0, 0.05) is 47.7 Å². The Labute approximate surface area is 196 Å². The van der Waals surface area contributed by atoms with Gasteiger partial charge < -0.3 is 29.2 Å². The van der Waals surface area contributed by atoms with Gasteiger partial charge >= 0.3 is 0 Å². The first-order valence-corrected chi connectivity index (χ1v) is 14.7. The molecule has 0 unspecified atom stereocenters. The van der Waals surface area contributed by atoms with Crippen molar-refractivity contribution in [1.82, 2.24) is 0 Å². The van der Waals surface area contributed by atoms with Gasteiger partial charge in [-0.25, -0.2) is 0 Å². The Bertz CT molecular complexity index is 601. The maximum absolute atomic E-state index is 13.6.